The molecule has 1 aromatic heterocycles. The van der Waals surface area contributed by atoms with Gasteiger partial charge in [-0.25, -0.2) is 9.37 Å². The Bertz CT molecular complexity index is 1280. The van der Waals surface area contributed by atoms with Gasteiger partial charge in [-0.2, -0.15) is 0 Å². The number of hydrogen-bond acceptors (Lipinski definition) is 5. The van der Waals surface area contributed by atoms with Crippen LogP contribution in [0.25, 0.3) is 10.9 Å². The van der Waals surface area contributed by atoms with Gasteiger partial charge in [0.25, 0.3) is 0 Å². The summed E-state index contributed by atoms with van der Waals surface area (Å²) in [4.78, 5) is 15.2. The van der Waals surface area contributed by atoms with Crippen LogP contribution in [0.4, 0.5) is 4.39 Å². The van der Waals surface area contributed by atoms with E-state index in [0.717, 1.165) is 22.2 Å². The maximum Gasteiger partial charge on any atom is 0.303 e. The molecule has 1 heterocycles. The fourth-order valence-electron chi connectivity index (χ4n) is 3.46. The first-order valence-electron chi connectivity index (χ1n) is 10.9. The molecule has 7 heteroatoms. The Morgan fingerprint density at radius 1 is 0.941 bits per heavy atom. The van der Waals surface area contributed by atoms with E-state index in [1.165, 1.54) is 18.2 Å². The van der Waals surface area contributed by atoms with Crippen LogP contribution in [0.2, 0.25) is 0 Å². The third kappa shape index (κ3) is 6.08. The summed E-state index contributed by atoms with van der Waals surface area (Å²) in [6, 6.07) is 23.3. The van der Waals surface area contributed by atoms with Crippen LogP contribution in [0.5, 0.6) is 11.5 Å². The minimum atomic E-state index is -1.04. The van der Waals surface area contributed by atoms with E-state index in [-0.39, 0.29) is 25.2 Å². The van der Waals surface area contributed by atoms with E-state index in [2.05, 4.69) is 4.98 Å². The normalized spacial score (nSPS) is 11.8. The number of nitrogens with zero attached hydrogens (tertiary/aromatic N) is 1. The molecule has 0 saturated carbocycles. The molecule has 0 radical (unpaired) electrons. The zero-order valence-electron chi connectivity index (χ0n) is 18.4. The number of aliphatic hydroxyl groups excluding tert-OH is 1. The van der Waals surface area contributed by atoms with Crippen molar-refractivity contribution in [2.75, 3.05) is 0 Å². The Kier molecular flexibility index (Phi) is 7.34. The van der Waals surface area contributed by atoms with Gasteiger partial charge in [0.05, 0.1) is 17.3 Å². The van der Waals surface area contributed by atoms with Crippen molar-refractivity contribution in [2.45, 2.75) is 32.2 Å². The highest BCUT2D eigenvalue weighted by Gasteiger charge is 2.13. The van der Waals surface area contributed by atoms with Crippen LogP contribution >= 0.6 is 0 Å². The fraction of sp³-hybridized carbons (Fsp3) is 0.185. The summed E-state index contributed by atoms with van der Waals surface area (Å²) in [6.45, 7) is 0.501. The van der Waals surface area contributed by atoms with E-state index in [1.54, 1.807) is 0 Å². The number of aliphatic carboxylic acids is 1. The molecule has 4 aromatic rings. The highest BCUT2D eigenvalue weighted by atomic mass is 19.1. The molecule has 0 spiro atoms. The van der Waals surface area contributed by atoms with Gasteiger partial charge < -0.3 is 19.7 Å². The number of ether oxygens (including phenoxy) is 2. The quantitative estimate of drug-likeness (QED) is 0.327. The van der Waals surface area contributed by atoms with Crippen molar-refractivity contribution in [1.29, 1.82) is 0 Å². The molecule has 0 aliphatic rings. The minimum Gasteiger partial charge on any atom is -0.487 e. The standard InChI is InChI=1S/C27H24FNO5/c28-23-15-20(25(30)12-14-27(31)32)8-13-26(23)34-16-18-5-10-22(11-6-18)33-17-21-9-7-19-3-1-2-4-24(19)29-21/h1-11,13,15,25,30H,12,14,16-17H2,(H,31,32). The van der Waals surface area contributed by atoms with Crippen LogP contribution in [0.3, 0.4) is 0 Å². The second-order valence-corrected chi connectivity index (χ2v) is 7.85. The van der Waals surface area contributed by atoms with E-state index in [0.29, 0.717) is 17.9 Å². The van der Waals surface area contributed by atoms with E-state index in [4.69, 9.17) is 14.6 Å². The Morgan fingerprint density at radius 3 is 2.50 bits per heavy atom. The number of hydrogen-bond donors (Lipinski definition) is 2. The van der Waals surface area contributed by atoms with Gasteiger partial charge in [-0.1, -0.05) is 42.5 Å². The summed E-state index contributed by atoms with van der Waals surface area (Å²) >= 11 is 0. The molecule has 0 aliphatic heterocycles. The zero-order chi connectivity index (χ0) is 23.9. The monoisotopic (exact) mass is 461 g/mol. The first-order chi connectivity index (χ1) is 16.5. The molecule has 3 aromatic carbocycles. The van der Waals surface area contributed by atoms with Gasteiger partial charge in [0.2, 0.25) is 0 Å². The molecular formula is C27H24FNO5. The summed E-state index contributed by atoms with van der Waals surface area (Å²) in [5.41, 5.74) is 2.90. The average molecular weight is 461 g/mol. The number of halogens is 1. The zero-order valence-corrected chi connectivity index (χ0v) is 18.4. The van der Waals surface area contributed by atoms with E-state index in [9.17, 15) is 14.3 Å². The van der Waals surface area contributed by atoms with Crippen molar-refractivity contribution < 1.29 is 28.9 Å². The molecule has 0 fully saturated rings. The second kappa shape index (κ2) is 10.8. The molecule has 1 atom stereocenters. The molecule has 34 heavy (non-hydrogen) atoms. The number of pyridine rings is 1. The van der Waals surface area contributed by atoms with Crippen LogP contribution in [0, 0.1) is 5.82 Å². The van der Waals surface area contributed by atoms with Crippen LogP contribution in [0.1, 0.15) is 35.8 Å². The van der Waals surface area contributed by atoms with Crippen molar-refractivity contribution in [3.63, 3.8) is 0 Å². The van der Waals surface area contributed by atoms with Crippen LogP contribution < -0.4 is 9.47 Å². The number of aliphatic hydroxyl groups is 1. The molecule has 0 aliphatic carbocycles. The first-order valence-corrected chi connectivity index (χ1v) is 10.9. The van der Waals surface area contributed by atoms with Gasteiger partial charge in [-0.15, -0.1) is 0 Å². The molecule has 0 saturated heterocycles. The van der Waals surface area contributed by atoms with Crippen LogP contribution in [-0.2, 0) is 18.0 Å². The van der Waals surface area contributed by atoms with Crippen molar-refractivity contribution in [1.82, 2.24) is 4.98 Å². The van der Waals surface area contributed by atoms with Gasteiger partial charge >= 0.3 is 5.97 Å². The average Bonchev–Trinajstić information content (AvgIpc) is 2.85. The van der Waals surface area contributed by atoms with Crippen LogP contribution in [0.15, 0.2) is 78.9 Å². The molecule has 0 bridgehead atoms. The smallest absolute Gasteiger partial charge is 0.303 e. The lowest BCUT2D eigenvalue weighted by Gasteiger charge is -2.13. The van der Waals surface area contributed by atoms with Gasteiger partial charge in [-0.05, 0) is 53.9 Å². The summed E-state index contributed by atoms with van der Waals surface area (Å²) in [7, 11) is 0. The third-order valence-electron chi connectivity index (χ3n) is 5.33. The number of fused-ring (bicyclic) bond motifs is 1. The predicted molar refractivity (Wildman–Crippen MR) is 125 cm³/mol. The summed E-state index contributed by atoms with van der Waals surface area (Å²) in [5.74, 6) is -0.891. The summed E-state index contributed by atoms with van der Waals surface area (Å²) in [5, 5.41) is 19.8. The maximum atomic E-state index is 14.4. The number of carboxylic acid groups (broad SMARTS) is 1. The van der Waals surface area contributed by atoms with E-state index in [1.807, 2.05) is 60.7 Å². The topological polar surface area (TPSA) is 88.9 Å². The van der Waals surface area contributed by atoms with E-state index >= 15 is 0 Å². The van der Waals surface area contributed by atoms with Gasteiger partial charge in [0.15, 0.2) is 11.6 Å². The Labute approximate surface area is 196 Å². The maximum absolute atomic E-state index is 14.4. The van der Waals surface area contributed by atoms with Crippen molar-refractivity contribution in [2.24, 2.45) is 0 Å². The summed E-state index contributed by atoms with van der Waals surface area (Å²) in [6.07, 6.45) is -1.23. The lowest BCUT2D eigenvalue weighted by molar-refractivity contribution is -0.137. The number of para-hydroxylation sites is 1. The van der Waals surface area contributed by atoms with Gasteiger partial charge in [0.1, 0.15) is 19.0 Å². The Hall–Kier alpha value is -3.97. The van der Waals surface area contributed by atoms with Gasteiger partial charge in [-0.3, -0.25) is 4.79 Å². The molecule has 0 amide bonds. The number of carbonyl (C=O) groups is 1. The molecular weight excluding hydrogens is 437 g/mol. The predicted octanol–water partition coefficient (Wildman–Crippen LogP) is 5.43. The molecule has 4 rings (SSSR count). The molecule has 6 nitrogen and oxygen atoms in total. The van der Waals surface area contributed by atoms with Crippen molar-refractivity contribution in [3.05, 3.63) is 102 Å². The van der Waals surface area contributed by atoms with E-state index < -0.39 is 17.9 Å². The second-order valence-electron chi connectivity index (χ2n) is 7.85. The van der Waals surface area contributed by atoms with Crippen molar-refractivity contribution in [3.8, 4) is 11.5 Å². The molecule has 174 valence electrons. The third-order valence-corrected chi connectivity index (χ3v) is 5.33. The largest absolute Gasteiger partial charge is 0.487 e. The lowest BCUT2D eigenvalue weighted by Crippen LogP contribution is -2.04. The number of benzene rings is 3. The van der Waals surface area contributed by atoms with Crippen LogP contribution in [-0.4, -0.2) is 21.2 Å². The Morgan fingerprint density at radius 2 is 1.74 bits per heavy atom. The highest BCUT2D eigenvalue weighted by Crippen LogP contribution is 2.25. The van der Waals surface area contributed by atoms with Gasteiger partial charge in [0, 0.05) is 11.8 Å². The van der Waals surface area contributed by atoms with Crippen molar-refractivity contribution >= 4 is 16.9 Å². The SMILES string of the molecule is O=C(O)CCC(O)c1ccc(OCc2ccc(OCc3ccc4ccccc4n3)cc2)c(F)c1. The summed E-state index contributed by atoms with van der Waals surface area (Å²) < 4.78 is 25.7. The fourth-order valence-corrected chi connectivity index (χ4v) is 3.46. The Balaban J connectivity index is 1.29. The number of aromatic nitrogens is 1. The number of rotatable bonds is 10. The molecule has 2 N–H and O–H groups in total. The highest BCUT2D eigenvalue weighted by molar-refractivity contribution is 5.78. The number of carboxylic acids is 1. The minimum absolute atomic E-state index is 0.0142. The lowest BCUT2D eigenvalue weighted by atomic mass is 10.0. The first kappa shape index (κ1) is 23.2. The molecule has 1 unspecified atom stereocenters.